The third kappa shape index (κ3) is 3.00. The fraction of sp³-hybridized carbons (Fsp3) is 0.417. The third-order valence-corrected chi connectivity index (χ3v) is 3.20. The molecule has 8 heteroatoms. The summed E-state index contributed by atoms with van der Waals surface area (Å²) in [5, 5.41) is 2.25. The average molecular weight is 293 g/mol. The number of hydrogen-bond acceptors (Lipinski definition) is 1. The predicted molar refractivity (Wildman–Crippen MR) is 64.2 cm³/mol. The van der Waals surface area contributed by atoms with Crippen LogP contribution in [0.15, 0.2) is 23.2 Å². The van der Waals surface area contributed by atoms with E-state index in [9.17, 15) is 22.0 Å². The van der Waals surface area contributed by atoms with Crippen molar-refractivity contribution in [3.63, 3.8) is 0 Å². The van der Waals surface area contributed by atoms with Crippen LogP contribution in [0.5, 0.6) is 0 Å². The lowest BCUT2D eigenvalue weighted by atomic mass is 10.1. The van der Waals surface area contributed by atoms with Crippen LogP contribution in [0, 0.1) is 17.0 Å². The zero-order valence-corrected chi connectivity index (χ0v) is 10.3. The Morgan fingerprint density at radius 2 is 1.95 bits per heavy atom. The van der Waals surface area contributed by atoms with Gasteiger partial charge in [-0.25, -0.2) is 8.78 Å². The van der Waals surface area contributed by atoms with Crippen molar-refractivity contribution >= 4 is 11.6 Å². The van der Waals surface area contributed by atoms with Gasteiger partial charge in [0.15, 0.2) is 5.96 Å². The fourth-order valence-corrected chi connectivity index (χ4v) is 1.69. The molecule has 0 heterocycles. The van der Waals surface area contributed by atoms with E-state index >= 15 is 0 Å². The molecule has 0 aromatic heterocycles. The highest BCUT2D eigenvalue weighted by Crippen LogP contribution is 2.57. The van der Waals surface area contributed by atoms with Gasteiger partial charge in [0, 0.05) is 6.07 Å². The van der Waals surface area contributed by atoms with Crippen LogP contribution in [-0.2, 0) is 0 Å². The van der Waals surface area contributed by atoms with E-state index in [4.69, 9.17) is 5.73 Å². The van der Waals surface area contributed by atoms with Gasteiger partial charge in [-0.3, -0.25) is 4.99 Å². The molecule has 0 amide bonds. The minimum absolute atomic E-state index is 0.00159. The number of anilines is 1. The molecule has 0 saturated heterocycles. The number of rotatable bonds is 3. The van der Waals surface area contributed by atoms with Gasteiger partial charge in [0.25, 0.3) is 0 Å². The number of guanidine groups is 1. The third-order valence-electron chi connectivity index (χ3n) is 3.20. The number of alkyl halides is 3. The monoisotopic (exact) mass is 293 g/mol. The van der Waals surface area contributed by atoms with Crippen LogP contribution in [0.3, 0.4) is 0 Å². The van der Waals surface area contributed by atoms with Crippen LogP contribution in [0.25, 0.3) is 0 Å². The van der Waals surface area contributed by atoms with Gasteiger partial charge in [0.1, 0.15) is 11.6 Å². The van der Waals surface area contributed by atoms with Crippen LogP contribution in [0.4, 0.5) is 27.6 Å². The first-order chi connectivity index (χ1) is 9.23. The smallest absolute Gasteiger partial charge is 0.370 e. The Morgan fingerprint density at radius 1 is 1.30 bits per heavy atom. The molecule has 0 radical (unpaired) electrons. The van der Waals surface area contributed by atoms with Crippen molar-refractivity contribution in [2.45, 2.75) is 19.0 Å². The summed E-state index contributed by atoms with van der Waals surface area (Å²) in [6.07, 6.45) is -4.33. The van der Waals surface area contributed by atoms with Gasteiger partial charge in [-0.2, -0.15) is 13.2 Å². The maximum absolute atomic E-state index is 13.3. The van der Waals surface area contributed by atoms with E-state index in [-0.39, 0.29) is 24.5 Å². The van der Waals surface area contributed by atoms with Crippen LogP contribution in [-0.4, -0.2) is 18.7 Å². The standard InChI is InChI=1S/C12H12F5N3/c13-7-1-2-8(14)9(5-7)20-10(18)19-6-11(3-4-11)12(15,16)17/h1-2,5H,3-4,6H2,(H3,18,19,20). The van der Waals surface area contributed by atoms with E-state index < -0.39 is 29.8 Å². The molecule has 3 nitrogen and oxygen atoms in total. The molecule has 0 bridgehead atoms. The Hall–Kier alpha value is -1.86. The van der Waals surface area contributed by atoms with Crippen LogP contribution >= 0.6 is 0 Å². The molecule has 2 rings (SSSR count). The molecule has 1 saturated carbocycles. The summed E-state index contributed by atoms with van der Waals surface area (Å²) in [4.78, 5) is 3.57. The highest BCUT2D eigenvalue weighted by Gasteiger charge is 2.63. The Labute approximate surface area is 111 Å². The van der Waals surface area contributed by atoms with Gasteiger partial charge in [-0.1, -0.05) is 0 Å². The molecule has 0 atom stereocenters. The minimum Gasteiger partial charge on any atom is -0.370 e. The summed E-state index contributed by atoms with van der Waals surface area (Å²) in [5.41, 5.74) is 3.29. The SMILES string of the molecule is NC(=NCC1(C(F)(F)F)CC1)Nc1cc(F)ccc1F. The fourth-order valence-electron chi connectivity index (χ4n) is 1.69. The van der Waals surface area contributed by atoms with Crippen molar-refractivity contribution in [1.82, 2.24) is 0 Å². The molecule has 3 N–H and O–H groups in total. The van der Waals surface area contributed by atoms with Crippen molar-refractivity contribution in [3.8, 4) is 0 Å². The van der Waals surface area contributed by atoms with E-state index in [0.29, 0.717) is 0 Å². The lowest BCUT2D eigenvalue weighted by molar-refractivity contribution is -0.183. The number of aliphatic imine (C=N–C) groups is 1. The second-order valence-corrected chi connectivity index (χ2v) is 4.73. The van der Waals surface area contributed by atoms with E-state index in [2.05, 4.69) is 10.3 Å². The summed E-state index contributed by atoms with van der Waals surface area (Å²) in [6, 6.07) is 2.63. The maximum atomic E-state index is 13.3. The number of nitrogens with two attached hydrogens (primary N) is 1. The number of nitrogens with one attached hydrogen (secondary N) is 1. The summed E-state index contributed by atoms with van der Waals surface area (Å²) >= 11 is 0. The van der Waals surface area contributed by atoms with Crippen LogP contribution < -0.4 is 11.1 Å². The molecular formula is C12H12F5N3. The van der Waals surface area contributed by atoms with Crippen LogP contribution in [0.1, 0.15) is 12.8 Å². The zero-order valence-electron chi connectivity index (χ0n) is 10.3. The van der Waals surface area contributed by atoms with Gasteiger partial charge in [0.05, 0.1) is 17.6 Å². The topological polar surface area (TPSA) is 50.4 Å². The molecule has 110 valence electrons. The highest BCUT2D eigenvalue weighted by atomic mass is 19.4. The van der Waals surface area contributed by atoms with Crippen molar-refractivity contribution in [2.24, 2.45) is 16.1 Å². The Morgan fingerprint density at radius 3 is 2.50 bits per heavy atom. The summed E-state index contributed by atoms with van der Waals surface area (Å²) in [7, 11) is 0. The molecule has 1 aliphatic rings. The van der Waals surface area contributed by atoms with Crippen molar-refractivity contribution < 1.29 is 22.0 Å². The number of nitrogens with zero attached hydrogens (tertiary/aromatic N) is 1. The van der Waals surface area contributed by atoms with Crippen molar-refractivity contribution in [2.75, 3.05) is 11.9 Å². The average Bonchev–Trinajstić information content (AvgIpc) is 3.12. The Balaban J connectivity index is 2.03. The summed E-state index contributed by atoms with van der Waals surface area (Å²) < 4.78 is 64.1. The van der Waals surface area contributed by atoms with E-state index in [1.807, 2.05) is 0 Å². The normalized spacial score (nSPS) is 17.9. The maximum Gasteiger partial charge on any atom is 0.396 e. The van der Waals surface area contributed by atoms with E-state index in [0.717, 1.165) is 18.2 Å². The van der Waals surface area contributed by atoms with E-state index in [1.54, 1.807) is 0 Å². The van der Waals surface area contributed by atoms with Gasteiger partial charge in [-0.15, -0.1) is 0 Å². The first-order valence-electron chi connectivity index (χ1n) is 5.82. The van der Waals surface area contributed by atoms with Crippen molar-refractivity contribution in [1.29, 1.82) is 0 Å². The summed E-state index contributed by atoms with van der Waals surface area (Å²) in [6.45, 7) is -0.522. The highest BCUT2D eigenvalue weighted by molar-refractivity contribution is 5.92. The lowest BCUT2D eigenvalue weighted by Crippen LogP contribution is -2.30. The predicted octanol–water partition coefficient (Wildman–Crippen LogP) is 3.03. The van der Waals surface area contributed by atoms with Gasteiger partial charge in [0.2, 0.25) is 0 Å². The first kappa shape index (κ1) is 14.5. The Kier molecular flexibility index (Phi) is 3.58. The minimum atomic E-state index is -4.33. The number of halogens is 5. The molecule has 20 heavy (non-hydrogen) atoms. The first-order valence-corrected chi connectivity index (χ1v) is 5.82. The molecular weight excluding hydrogens is 281 g/mol. The molecule has 1 aliphatic carbocycles. The molecule has 1 aromatic carbocycles. The Bertz CT molecular complexity index is 534. The summed E-state index contributed by atoms with van der Waals surface area (Å²) in [5.74, 6) is -1.86. The van der Waals surface area contributed by atoms with Gasteiger partial charge >= 0.3 is 6.18 Å². The quantitative estimate of drug-likeness (QED) is 0.511. The van der Waals surface area contributed by atoms with Gasteiger partial charge in [-0.05, 0) is 25.0 Å². The molecule has 1 fully saturated rings. The van der Waals surface area contributed by atoms with Crippen LogP contribution in [0.2, 0.25) is 0 Å². The molecule has 1 aromatic rings. The molecule has 0 spiro atoms. The number of benzene rings is 1. The molecule has 0 aliphatic heterocycles. The number of hydrogen-bond donors (Lipinski definition) is 2. The zero-order chi connectivity index (χ0) is 15.0. The van der Waals surface area contributed by atoms with E-state index in [1.165, 1.54) is 0 Å². The lowest BCUT2D eigenvalue weighted by Gasteiger charge is -2.17. The second kappa shape index (κ2) is 4.92. The molecule has 0 unspecified atom stereocenters. The van der Waals surface area contributed by atoms with Gasteiger partial charge < -0.3 is 11.1 Å². The second-order valence-electron chi connectivity index (χ2n) is 4.73. The van der Waals surface area contributed by atoms with Crippen molar-refractivity contribution in [3.05, 3.63) is 29.8 Å². The largest absolute Gasteiger partial charge is 0.396 e.